The molecular formula is C16H21NO4. The fraction of sp³-hybridized carbons (Fsp3) is 0.438. The van der Waals surface area contributed by atoms with Crippen LogP contribution in [0.5, 0.6) is 0 Å². The topological polar surface area (TPSA) is 56.8 Å². The number of amides is 1. The summed E-state index contributed by atoms with van der Waals surface area (Å²) in [5.74, 6) is 2.36. The van der Waals surface area contributed by atoms with E-state index >= 15 is 0 Å². The number of alkyl carbamates (subject to hydrolysis) is 1. The van der Waals surface area contributed by atoms with Gasteiger partial charge in [0, 0.05) is 13.0 Å². The van der Waals surface area contributed by atoms with Crippen LogP contribution in [0, 0.1) is 12.3 Å². The molecule has 1 amide bonds. The lowest BCUT2D eigenvalue weighted by molar-refractivity contribution is 0.0605. The Morgan fingerprint density at radius 1 is 1.10 bits per heavy atom. The third-order valence-electron chi connectivity index (χ3n) is 2.54. The fourth-order valence-corrected chi connectivity index (χ4v) is 1.53. The van der Waals surface area contributed by atoms with Crippen molar-refractivity contribution in [3.63, 3.8) is 0 Å². The summed E-state index contributed by atoms with van der Waals surface area (Å²) in [5.41, 5.74) is 1.14. The van der Waals surface area contributed by atoms with E-state index < -0.39 is 6.09 Å². The summed E-state index contributed by atoms with van der Waals surface area (Å²) in [7, 11) is 0. The highest BCUT2D eigenvalue weighted by Gasteiger charge is 2.01. The molecule has 0 aliphatic rings. The van der Waals surface area contributed by atoms with Gasteiger partial charge in [-0.1, -0.05) is 36.3 Å². The maximum Gasteiger partial charge on any atom is 0.407 e. The van der Waals surface area contributed by atoms with E-state index in [1.165, 1.54) is 0 Å². The molecule has 0 aromatic heterocycles. The Kier molecular flexibility index (Phi) is 9.54. The summed E-state index contributed by atoms with van der Waals surface area (Å²) < 4.78 is 15.3. The van der Waals surface area contributed by atoms with E-state index in [1.807, 2.05) is 30.3 Å². The molecule has 21 heavy (non-hydrogen) atoms. The average Bonchev–Trinajstić information content (AvgIpc) is 2.51. The van der Waals surface area contributed by atoms with Gasteiger partial charge in [0.1, 0.15) is 6.61 Å². The summed E-state index contributed by atoms with van der Waals surface area (Å²) in [4.78, 5) is 11.4. The van der Waals surface area contributed by atoms with Gasteiger partial charge in [0.25, 0.3) is 0 Å². The van der Waals surface area contributed by atoms with Crippen LogP contribution in [0.4, 0.5) is 4.79 Å². The van der Waals surface area contributed by atoms with Gasteiger partial charge in [-0.3, -0.25) is 0 Å². The van der Waals surface area contributed by atoms with Crippen molar-refractivity contribution >= 4 is 6.09 Å². The zero-order valence-electron chi connectivity index (χ0n) is 12.0. The number of nitrogens with one attached hydrogen (secondary N) is 1. The molecule has 5 heteroatoms. The second-order valence-corrected chi connectivity index (χ2v) is 4.17. The van der Waals surface area contributed by atoms with Crippen molar-refractivity contribution in [2.45, 2.75) is 6.42 Å². The van der Waals surface area contributed by atoms with Crippen molar-refractivity contribution < 1.29 is 19.0 Å². The Balaban J connectivity index is 1.91. The number of carbonyl (C=O) groups is 1. The molecule has 0 heterocycles. The zero-order chi connectivity index (χ0) is 15.2. The van der Waals surface area contributed by atoms with Gasteiger partial charge in [0.05, 0.1) is 26.4 Å². The van der Waals surface area contributed by atoms with Gasteiger partial charge in [-0.2, -0.15) is 0 Å². The minimum atomic E-state index is -0.432. The van der Waals surface area contributed by atoms with Gasteiger partial charge in [-0.15, -0.1) is 6.42 Å². The Labute approximate surface area is 125 Å². The Morgan fingerprint density at radius 2 is 1.86 bits per heavy atom. The highest BCUT2D eigenvalue weighted by Crippen LogP contribution is 1.99. The lowest BCUT2D eigenvalue weighted by Gasteiger charge is -2.07. The molecule has 114 valence electrons. The standard InChI is InChI=1S/C16H21NO4/c1-2-10-19-13-14-20-12-9-17-16(18)21-11-8-15-6-4-3-5-7-15/h1,3-7H,8-14H2,(H,17,18). The van der Waals surface area contributed by atoms with Crippen LogP contribution >= 0.6 is 0 Å². The maximum atomic E-state index is 11.4. The van der Waals surface area contributed by atoms with Crippen molar-refractivity contribution in [3.05, 3.63) is 35.9 Å². The molecule has 1 aromatic carbocycles. The van der Waals surface area contributed by atoms with Crippen LogP contribution in [0.15, 0.2) is 30.3 Å². The molecule has 0 aliphatic heterocycles. The van der Waals surface area contributed by atoms with E-state index in [0.717, 1.165) is 5.56 Å². The summed E-state index contributed by atoms with van der Waals surface area (Å²) in [5, 5.41) is 2.61. The highest BCUT2D eigenvalue weighted by molar-refractivity contribution is 5.67. The highest BCUT2D eigenvalue weighted by atomic mass is 16.5. The first-order chi connectivity index (χ1) is 10.3. The SMILES string of the molecule is C#CCOCCOCCNC(=O)OCCc1ccccc1. The minimum Gasteiger partial charge on any atom is -0.449 e. The first kappa shape index (κ1) is 17.0. The first-order valence-electron chi connectivity index (χ1n) is 6.86. The second kappa shape index (κ2) is 11.8. The lowest BCUT2D eigenvalue weighted by atomic mass is 10.2. The summed E-state index contributed by atoms with van der Waals surface area (Å²) >= 11 is 0. The van der Waals surface area contributed by atoms with Crippen molar-refractivity contribution in [1.82, 2.24) is 5.32 Å². The number of terminal acetylenes is 1. The van der Waals surface area contributed by atoms with Crippen LogP contribution in [-0.2, 0) is 20.6 Å². The van der Waals surface area contributed by atoms with E-state index in [0.29, 0.717) is 39.4 Å². The number of benzene rings is 1. The number of ether oxygens (including phenoxy) is 3. The van der Waals surface area contributed by atoms with Crippen LogP contribution in [-0.4, -0.2) is 45.7 Å². The van der Waals surface area contributed by atoms with E-state index in [9.17, 15) is 4.79 Å². The predicted octanol–water partition coefficient (Wildman–Crippen LogP) is 1.62. The smallest absolute Gasteiger partial charge is 0.407 e. The Morgan fingerprint density at radius 3 is 2.62 bits per heavy atom. The number of hydrogen-bond acceptors (Lipinski definition) is 4. The minimum absolute atomic E-state index is 0.287. The van der Waals surface area contributed by atoms with Gasteiger partial charge in [-0.25, -0.2) is 4.79 Å². The maximum absolute atomic E-state index is 11.4. The van der Waals surface area contributed by atoms with Crippen molar-refractivity contribution in [2.75, 3.05) is 39.6 Å². The summed E-state index contributed by atoms with van der Waals surface area (Å²) in [6, 6.07) is 9.86. The second-order valence-electron chi connectivity index (χ2n) is 4.17. The molecule has 0 fully saturated rings. The van der Waals surface area contributed by atoms with Gasteiger partial charge < -0.3 is 19.5 Å². The lowest BCUT2D eigenvalue weighted by Crippen LogP contribution is -2.28. The fourth-order valence-electron chi connectivity index (χ4n) is 1.53. The van der Waals surface area contributed by atoms with Crippen molar-refractivity contribution in [2.24, 2.45) is 0 Å². The van der Waals surface area contributed by atoms with Crippen LogP contribution in [0.2, 0.25) is 0 Å². The number of rotatable bonds is 10. The van der Waals surface area contributed by atoms with E-state index in [4.69, 9.17) is 20.6 Å². The molecule has 0 unspecified atom stereocenters. The summed E-state index contributed by atoms with van der Waals surface area (Å²) in [6.07, 6.45) is 5.30. The van der Waals surface area contributed by atoms with E-state index in [-0.39, 0.29) is 6.61 Å². The first-order valence-corrected chi connectivity index (χ1v) is 6.86. The van der Waals surface area contributed by atoms with Gasteiger partial charge in [0.15, 0.2) is 0 Å². The monoisotopic (exact) mass is 291 g/mol. The third-order valence-corrected chi connectivity index (χ3v) is 2.54. The predicted molar refractivity (Wildman–Crippen MR) is 80.0 cm³/mol. The number of carbonyl (C=O) groups excluding carboxylic acids is 1. The summed E-state index contributed by atoms with van der Waals surface area (Å²) in [6.45, 7) is 2.36. The van der Waals surface area contributed by atoms with Crippen molar-refractivity contribution in [3.8, 4) is 12.3 Å². The van der Waals surface area contributed by atoms with Crippen LogP contribution < -0.4 is 5.32 Å². The third kappa shape index (κ3) is 9.50. The normalized spacial score (nSPS) is 9.86. The van der Waals surface area contributed by atoms with Gasteiger partial charge in [-0.05, 0) is 5.56 Å². The molecule has 0 saturated carbocycles. The van der Waals surface area contributed by atoms with Gasteiger partial charge in [0.2, 0.25) is 0 Å². The molecule has 0 radical (unpaired) electrons. The quantitative estimate of drug-likeness (QED) is 0.526. The molecule has 5 nitrogen and oxygen atoms in total. The van der Waals surface area contributed by atoms with Crippen LogP contribution in [0.3, 0.4) is 0 Å². The number of hydrogen-bond donors (Lipinski definition) is 1. The molecule has 1 N–H and O–H groups in total. The van der Waals surface area contributed by atoms with Gasteiger partial charge >= 0.3 is 6.09 Å². The average molecular weight is 291 g/mol. The molecule has 0 atom stereocenters. The zero-order valence-corrected chi connectivity index (χ0v) is 12.0. The molecule has 0 saturated heterocycles. The molecular weight excluding hydrogens is 270 g/mol. The molecule has 1 rings (SSSR count). The Hall–Kier alpha value is -2.03. The van der Waals surface area contributed by atoms with Crippen LogP contribution in [0.25, 0.3) is 0 Å². The largest absolute Gasteiger partial charge is 0.449 e. The molecule has 0 bridgehead atoms. The molecule has 1 aromatic rings. The molecule has 0 spiro atoms. The molecule has 0 aliphatic carbocycles. The van der Waals surface area contributed by atoms with E-state index in [1.54, 1.807) is 0 Å². The van der Waals surface area contributed by atoms with Crippen molar-refractivity contribution in [1.29, 1.82) is 0 Å². The van der Waals surface area contributed by atoms with E-state index in [2.05, 4.69) is 11.2 Å². The Bertz CT molecular complexity index is 428. The van der Waals surface area contributed by atoms with Crippen LogP contribution in [0.1, 0.15) is 5.56 Å².